The Morgan fingerprint density at radius 2 is 1.32 bits per heavy atom. The number of carbonyl (C=O) groups excluding carboxylic acids is 2. The zero-order valence-electron chi connectivity index (χ0n) is 22.0. The van der Waals surface area contributed by atoms with Gasteiger partial charge in [0.25, 0.3) is 0 Å². The van der Waals surface area contributed by atoms with Crippen LogP contribution < -0.4 is 16.4 Å². The monoisotopic (exact) mass is 581 g/mol. The maximum atomic E-state index is 13.2. The number of benzene rings is 3. The number of amides is 2. The van der Waals surface area contributed by atoms with Crippen LogP contribution >= 0.6 is 0 Å². The van der Waals surface area contributed by atoms with Gasteiger partial charge in [0, 0.05) is 6.42 Å². The summed E-state index contributed by atoms with van der Waals surface area (Å²) in [6.07, 6.45) is -0.642. The topological polar surface area (TPSA) is 193 Å². The van der Waals surface area contributed by atoms with Gasteiger partial charge in [-0.05, 0) is 28.7 Å². The Labute approximate surface area is 237 Å². The first kappa shape index (κ1) is 31.0. The molecule has 0 aromatic heterocycles. The van der Waals surface area contributed by atoms with Crippen LogP contribution in [0.2, 0.25) is 0 Å². The van der Waals surface area contributed by atoms with E-state index < -0.39 is 63.2 Å². The van der Waals surface area contributed by atoms with Crippen molar-refractivity contribution in [3.63, 3.8) is 0 Å². The lowest BCUT2D eigenvalue weighted by Crippen LogP contribution is -2.52. The molecule has 41 heavy (non-hydrogen) atoms. The molecular weight excluding hydrogens is 550 g/mol. The molecular formula is C29H31N3O8S. The highest BCUT2D eigenvalue weighted by Crippen LogP contribution is 2.20. The van der Waals surface area contributed by atoms with E-state index >= 15 is 0 Å². The number of rotatable bonds is 14. The van der Waals surface area contributed by atoms with Crippen LogP contribution in [-0.2, 0) is 34.8 Å². The maximum Gasteiger partial charge on any atom is 0.330 e. The van der Waals surface area contributed by atoms with Crippen molar-refractivity contribution in [2.24, 2.45) is 5.73 Å². The number of hydrogen-bond donors (Lipinski definition) is 5. The molecule has 11 nitrogen and oxygen atoms in total. The van der Waals surface area contributed by atoms with Crippen LogP contribution in [0.4, 0.5) is 0 Å². The minimum Gasteiger partial charge on any atom is -0.480 e. The van der Waals surface area contributed by atoms with E-state index in [1.165, 1.54) is 12.1 Å². The molecule has 3 aromatic rings. The summed E-state index contributed by atoms with van der Waals surface area (Å²) >= 11 is 0. The van der Waals surface area contributed by atoms with Gasteiger partial charge >= 0.3 is 11.9 Å². The SMILES string of the molecule is N[C@@H](CCC(=O)N[C@@H](CS(=O)(=O)Cc1ccc(-c2ccccc2)cc1)C(=O)N[C@@H](C(=O)O)c1ccccc1)C(=O)O. The fraction of sp³-hybridized carbons (Fsp3) is 0.241. The molecule has 0 fully saturated rings. The van der Waals surface area contributed by atoms with Crippen molar-refractivity contribution in [3.05, 3.63) is 96.1 Å². The van der Waals surface area contributed by atoms with Crippen LogP contribution in [0.15, 0.2) is 84.9 Å². The molecule has 0 aliphatic heterocycles. The van der Waals surface area contributed by atoms with E-state index in [9.17, 15) is 32.7 Å². The van der Waals surface area contributed by atoms with Crippen molar-refractivity contribution in [2.75, 3.05) is 5.75 Å². The lowest BCUT2D eigenvalue weighted by Gasteiger charge is -2.22. The molecule has 0 aliphatic carbocycles. The first-order chi connectivity index (χ1) is 19.4. The van der Waals surface area contributed by atoms with E-state index in [0.717, 1.165) is 11.1 Å². The van der Waals surface area contributed by atoms with E-state index in [2.05, 4.69) is 10.6 Å². The average molecular weight is 582 g/mol. The molecule has 3 rings (SSSR count). The minimum atomic E-state index is -4.01. The third-order valence-corrected chi connectivity index (χ3v) is 7.80. The number of hydrogen-bond acceptors (Lipinski definition) is 7. The van der Waals surface area contributed by atoms with Gasteiger partial charge in [-0.3, -0.25) is 14.4 Å². The summed E-state index contributed by atoms with van der Waals surface area (Å²) in [6.45, 7) is 0. The molecule has 3 aromatic carbocycles. The van der Waals surface area contributed by atoms with Crippen molar-refractivity contribution >= 4 is 33.6 Å². The standard InChI is InChI=1S/C29H31N3O8S/c30-23(28(35)36)15-16-25(33)31-24(27(34)32-26(29(37)38)22-9-5-2-6-10-22)18-41(39,40)17-19-11-13-21(14-12-19)20-7-3-1-4-8-20/h1-14,23-24,26H,15-18,30H2,(H,31,33)(H,32,34)(H,35,36)(H,37,38)/t23-,24-,26+/m0/s1. The molecule has 0 aliphatic rings. The highest BCUT2D eigenvalue weighted by atomic mass is 32.2. The quantitative estimate of drug-likeness (QED) is 0.189. The van der Waals surface area contributed by atoms with Gasteiger partial charge in [0.15, 0.2) is 15.9 Å². The molecule has 0 saturated carbocycles. The van der Waals surface area contributed by atoms with Crippen LogP contribution in [0.1, 0.15) is 30.0 Å². The Morgan fingerprint density at radius 3 is 1.88 bits per heavy atom. The lowest BCUT2D eigenvalue weighted by molar-refractivity contribution is -0.142. The highest BCUT2D eigenvalue weighted by molar-refractivity contribution is 7.90. The Balaban J connectivity index is 1.78. The molecule has 0 saturated heterocycles. The molecule has 3 atom stereocenters. The molecule has 0 spiro atoms. The first-order valence-electron chi connectivity index (χ1n) is 12.7. The van der Waals surface area contributed by atoms with Gasteiger partial charge in [0.05, 0.1) is 11.5 Å². The lowest BCUT2D eigenvalue weighted by atomic mass is 10.0. The van der Waals surface area contributed by atoms with Gasteiger partial charge in [0.1, 0.15) is 12.1 Å². The molecule has 2 amide bonds. The van der Waals surface area contributed by atoms with Gasteiger partial charge < -0.3 is 26.6 Å². The number of carbonyl (C=O) groups is 4. The second-order valence-corrected chi connectivity index (χ2v) is 11.5. The van der Waals surface area contributed by atoms with Gasteiger partial charge in [-0.2, -0.15) is 0 Å². The van der Waals surface area contributed by atoms with Crippen molar-refractivity contribution < 1.29 is 37.8 Å². The molecule has 6 N–H and O–H groups in total. The van der Waals surface area contributed by atoms with Gasteiger partial charge in [-0.1, -0.05) is 84.9 Å². The highest BCUT2D eigenvalue weighted by Gasteiger charge is 2.31. The molecule has 0 unspecified atom stereocenters. The summed E-state index contributed by atoms with van der Waals surface area (Å²) in [5, 5.41) is 23.2. The van der Waals surface area contributed by atoms with Crippen LogP contribution in [0, 0.1) is 0 Å². The van der Waals surface area contributed by atoms with Crippen molar-refractivity contribution in [2.45, 2.75) is 36.7 Å². The predicted molar refractivity (Wildman–Crippen MR) is 151 cm³/mol. The number of sulfone groups is 1. The second kappa shape index (κ2) is 14.2. The van der Waals surface area contributed by atoms with Crippen LogP contribution in [-0.4, -0.2) is 60.2 Å². The predicted octanol–water partition coefficient (Wildman–Crippen LogP) is 1.89. The van der Waals surface area contributed by atoms with Gasteiger partial charge in [-0.15, -0.1) is 0 Å². The maximum absolute atomic E-state index is 13.2. The summed E-state index contributed by atoms with van der Waals surface area (Å²) in [5.41, 5.74) is 7.97. The first-order valence-corrected chi connectivity index (χ1v) is 14.5. The Hall–Kier alpha value is -4.55. The van der Waals surface area contributed by atoms with E-state index in [0.29, 0.717) is 5.56 Å². The molecule has 12 heteroatoms. The van der Waals surface area contributed by atoms with Gasteiger partial charge in [0.2, 0.25) is 11.8 Å². The van der Waals surface area contributed by atoms with Gasteiger partial charge in [-0.25, -0.2) is 13.2 Å². The second-order valence-electron chi connectivity index (χ2n) is 9.41. The summed E-state index contributed by atoms with van der Waals surface area (Å²) in [5.74, 6) is -5.80. The van der Waals surface area contributed by atoms with Crippen LogP contribution in [0.25, 0.3) is 11.1 Å². The average Bonchev–Trinajstić information content (AvgIpc) is 2.94. The molecule has 0 radical (unpaired) electrons. The number of aliphatic carboxylic acids is 2. The number of carboxylic acid groups (broad SMARTS) is 2. The molecule has 0 bridgehead atoms. The number of nitrogens with one attached hydrogen (secondary N) is 2. The van der Waals surface area contributed by atoms with Crippen molar-refractivity contribution in [1.29, 1.82) is 0 Å². The molecule has 0 heterocycles. The van der Waals surface area contributed by atoms with Crippen molar-refractivity contribution in [3.8, 4) is 11.1 Å². The third kappa shape index (κ3) is 9.55. The van der Waals surface area contributed by atoms with Crippen LogP contribution in [0.5, 0.6) is 0 Å². The molecule has 216 valence electrons. The zero-order valence-corrected chi connectivity index (χ0v) is 22.8. The third-order valence-electron chi connectivity index (χ3n) is 6.19. The van der Waals surface area contributed by atoms with Crippen molar-refractivity contribution in [1.82, 2.24) is 10.6 Å². The summed E-state index contributed by atoms with van der Waals surface area (Å²) in [6, 6.07) is 19.6. The summed E-state index contributed by atoms with van der Waals surface area (Å²) in [4.78, 5) is 48.6. The smallest absolute Gasteiger partial charge is 0.330 e. The summed E-state index contributed by atoms with van der Waals surface area (Å²) in [7, 11) is -4.01. The zero-order chi connectivity index (χ0) is 30.0. The fourth-order valence-electron chi connectivity index (χ4n) is 4.03. The normalized spacial score (nSPS) is 13.4. The van der Waals surface area contributed by atoms with E-state index in [4.69, 9.17) is 10.8 Å². The largest absolute Gasteiger partial charge is 0.480 e. The minimum absolute atomic E-state index is 0.243. The Bertz CT molecular complexity index is 1460. The van der Waals surface area contributed by atoms with Crippen LogP contribution in [0.3, 0.4) is 0 Å². The Morgan fingerprint density at radius 1 is 0.756 bits per heavy atom. The van der Waals surface area contributed by atoms with E-state index in [1.807, 2.05) is 30.3 Å². The van der Waals surface area contributed by atoms with E-state index in [-0.39, 0.29) is 18.4 Å². The number of carboxylic acids is 2. The van der Waals surface area contributed by atoms with E-state index in [1.54, 1.807) is 42.5 Å². The number of nitrogens with two attached hydrogens (primary N) is 1. The summed E-state index contributed by atoms with van der Waals surface area (Å²) < 4.78 is 26.3. The fourth-order valence-corrected chi connectivity index (χ4v) is 5.59. The Kier molecular flexibility index (Phi) is 10.7.